The number of hydrogen-bond acceptors (Lipinski definition) is 12. The Morgan fingerprint density at radius 3 is 1.46 bits per heavy atom. The van der Waals surface area contributed by atoms with Gasteiger partial charge in [-0.3, -0.25) is 14.8 Å². The molecule has 0 atom stereocenters. The number of fused-ring (bicyclic) bond motifs is 2. The number of nitrogens with zero attached hydrogens (tertiary/aromatic N) is 6. The number of carbonyl (C=O) groups excluding carboxylic acids is 1. The molecule has 6 heterocycles. The second-order valence-electron chi connectivity index (χ2n) is 16.3. The lowest BCUT2D eigenvalue weighted by molar-refractivity contribution is 0.0696. The minimum atomic E-state index is -1.01. The first-order chi connectivity index (χ1) is 33.0. The Morgan fingerprint density at radius 2 is 1.04 bits per heavy atom. The molecule has 2 aliphatic rings. The molecule has 8 aromatic rings. The lowest BCUT2D eigenvalue weighted by Crippen LogP contribution is -2.36. The number of anilines is 6. The Labute approximate surface area is 390 Å². The molecule has 10 rings (SSSR count). The van der Waals surface area contributed by atoms with Gasteiger partial charge in [-0.05, 0) is 98.8 Å². The third-order valence-corrected chi connectivity index (χ3v) is 11.9. The summed E-state index contributed by atoms with van der Waals surface area (Å²) in [6.07, 6.45) is 3.38. The number of aromatic nitrogens is 4. The molecule has 0 aliphatic carbocycles. The predicted molar refractivity (Wildman–Crippen MR) is 260 cm³/mol. The van der Waals surface area contributed by atoms with Crippen molar-refractivity contribution in [3.05, 3.63) is 155 Å². The van der Waals surface area contributed by atoms with Crippen molar-refractivity contribution in [2.45, 2.75) is 13.8 Å². The molecule has 68 heavy (non-hydrogen) atoms. The van der Waals surface area contributed by atoms with E-state index in [9.17, 15) is 23.5 Å². The molecule has 4 aromatic carbocycles. The number of primary amides is 1. The zero-order valence-electron chi connectivity index (χ0n) is 37.3. The highest BCUT2D eigenvalue weighted by Crippen LogP contribution is 2.38. The largest absolute Gasteiger partial charge is 0.478 e. The van der Waals surface area contributed by atoms with E-state index in [4.69, 9.17) is 20.2 Å². The van der Waals surface area contributed by atoms with Gasteiger partial charge in [-0.25, -0.2) is 23.5 Å². The van der Waals surface area contributed by atoms with Crippen LogP contribution in [0.4, 0.5) is 42.9 Å². The van der Waals surface area contributed by atoms with Crippen LogP contribution in [0.25, 0.3) is 44.6 Å². The Hall–Kier alpha value is -8.08. The number of hydrogen-bond donors (Lipinski definition) is 4. The molecule has 2 fully saturated rings. The van der Waals surface area contributed by atoms with E-state index in [-0.39, 0.29) is 17.2 Å². The molecule has 0 unspecified atom stereocenters. The van der Waals surface area contributed by atoms with Crippen LogP contribution >= 0.6 is 0 Å². The number of ether oxygens (including phenoxy) is 2. The molecule has 16 heteroatoms. The van der Waals surface area contributed by atoms with Crippen LogP contribution in [-0.2, 0) is 9.47 Å². The second kappa shape index (κ2) is 19.8. The molecule has 1 amide bonds. The smallest absolute Gasteiger partial charge is 0.335 e. The number of benzene rings is 4. The molecule has 0 radical (unpaired) electrons. The predicted octanol–water partition coefficient (Wildman–Crippen LogP) is 9.45. The summed E-state index contributed by atoms with van der Waals surface area (Å²) >= 11 is 0. The summed E-state index contributed by atoms with van der Waals surface area (Å²) in [6, 6.07) is 30.8. The number of aromatic carboxylic acids is 1. The molecule has 344 valence electrons. The summed E-state index contributed by atoms with van der Waals surface area (Å²) in [5, 5.41) is 18.1. The van der Waals surface area contributed by atoms with E-state index in [2.05, 4.69) is 35.4 Å². The molecule has 14 nitrogen and oxygen atoms in total. The number of nitrogens with two attached hydrogens (primary N) is 1. The Kier molecular flexibility index (Phi) is 13.1. The van der Waals surface area contributed by atoms with Crippen molar-refractivity contribution in [1.29, 1.82) is 0 Å². The fourth-order valence-corrected chi connectivity index (χ4v) is 8.42. The van der Waals surface area contributed by atoms with E-state index < -0.39 is 11.9 Å². The summed E-state index contributed by atoms with van der Waals surface area (Å²) in [5.41, 5.74) is 16.0. The van der Waals surface area contributed by atoms with Crippen molar-refractivity contribution in [3.8, 4) is 22.8 Å². The average molecular weight is 916 g/mol. The molecular formula is C52H47F2N9O5. The van der Waals surface area contributed by atoms with Gasteiger partial charge in [0.1, 0.15) is 11.6 Å². The monoisotopic (exact) mass is 915 g/mol. The van der Waals surface area contributed by atoms with E-state index in [1.807, 2.05) is 62.4 Å². The number of morpholine rings is 2. The van der Waals surface area contributed by atoms with Crippen molar-refractivity contribution in [1.82, 2.24) is 19.9 Å². The fourth-order valence-electron chi connectivity index (χ4n) is 8.42. The van der Waals surface area contributed by atoms with Crippen LogP contribution < -0.4 is 26.2 Å². The first-order valence-corrected chi connectivity index (χ1v) is 22.0. The molecule has 2 saturated heterocycles. The van der Waals surface area contributed by atoms with Gasteiger partial charge >= 0.3 is 5.97 Å². The Bertz CT molecular complexity index is 2960. The maximum atomic E-state index is 14.1. The number of carboxylic acids is 1. The fraction of sp³-hybridized carbons (Fsp3) is 0.192. The highest BCUT2D eigenvalue weighted by Gasteiger charge is 2.21. The second-order valence-corrected chi connectivity index (χ2v) is 16.3. The molecule has 0 saturated carbocycles. The van der Waals surface area contributed by atoms with Crippen LogP contribution in [0.15, 0.2) is 122 Å². The summed E-state index contributed by atoms with van der Waals surface area (Å²) < 4.78 is 39.1. The van der Waals surface area contributed by atoms with E-state index in [1.54, 1.807) is 48.8 Å². The molecule has 5 N–H and O–H groups in total. The zero-order valence-corrected chi connectivity index (χ0v) is 37.3. The van der Waals surface area contributed by atoms with Gasteiger partial charge in [0.25, 0.3) is 0 Å². The zero-order chi connectivity index (χ0) is 47.3. The average Bonchev–Trinajstić information content (AvgIpc) is 3.36. The molecular weight excluding hydrogens is 869 g/mol. The summed E-state index contributed by atoms with van der Waals surface area (Å²) in [4.78, 5) is 46.5. The first-order valence-electron chi connectivity index (χ1n) is 22.0. The van der Waals surface area contributed by atoms with Crippen LogP contribution in [0, 0.1) is 25.5 Å². The number of carboxylic acid groups (broad SMARTS) is 1. The van der Waals surface area contributed by atoms with Gasteiger partial charge in [0.2, 0.25) is 5.91 Å². The number of amides is 1. The highest BCUT2D eigenvalue weighted by atomic mass is 19.1. The Morgan fingerprint density at radius 1 is 0.603 bits per heavy atom. The number of carbonyl (C=O) groups is 2. The number of rotatable bonds is 10. The molecule has 0 spiro atoms. The molecule has 2 aliphatic heterocycles. The van der Waals surface area contributed by atoms with Crippen LogP contribution in [-0.4, -0.2) is 89.5 Å². The van der Waals surface area contributed by atoms with Crippen molar-refractivity contribution in [2.24, 2.45) is 5.73 Å². The van der Waals surface area contributed by atoms with Gasteiger partial charge in [0.15, 0.2) is 0 Å². The molecule has 4 aromatic heterocycles. The number of halogens is 2. The summed E-state index contributed by atoms with van der Waals surface area (Å²) in [6.45, 7) is 9.11. The van der Waals surface area contributed by atoms with Crippen LogP contribution in [0.1, 0.15) is 31.8 Å². The van der Waals surface area contributed by atoms with Gasteiger partial charge in [-0.2, -0.15) is 0 Å². The lowest BCUT2D eigenvalue weighted by Gasteiger charge is -2.29. The third-order valence-electron chi connectivity index (χ3n) is 11.9. The minimum Gasteiger partial charge on any atom is -0.478 e. The van der Waals surface area contributed by atoms with Gasteiger partial charge in [-0.15, -0.1) is 0 Å². The van der Waals surface area contributed by atoms with E-state index in [0.29, 0.717) is 90.3 Å². The van der Waals surface area contributed by atoms with E-state index in [0.717, 1.165) is 57.7 Å². The van der Waals surface area contributed by atoms with Gasteiger partial charge in [-0.1, -0.05) is 12.1 Å². The van der Waals surface area contributed by atoms with Crippen molar-refractivity contribution in [3.63, 3.8) is 0 Å². The maximum absolute atomic E-state index is 14.1. The minimum absolute atomic E-state index is 0.179. The van der Waals surface area contributed by atoms with Crippen LogP contribution in [0.5, 0.6) is 0 Å². The van der Waals surface area contributed by atoms with Gasteiger partial charge in [0, 0.05) is 101 Å². The molecule has 0 bridgehead atoms. The van der Waals surface area contributed by atoms with Crippen LogP contribution in [0.3, 0.4) is 0 Å². The third kappa shape index (κ3) is 9.87. The van der Waals surface area contributed by atoms with Gasteiger partial charge < -0.3 is 40.7 Å². The highest BCUT2D eigenvalue weighted by molar-refractivity contribution is 6.01. The van der Waals surface area contributed by atoms with Gasteiger partial charge in [0.05, 0.1) is 77.2 Å². The first kappa shape index (κ1) is 45.1. The van der Waals surface area contributed by atoms with E-state index >= 15 is 0 Å². The van der Waals surface area contributed by atoms with Crippen molar-refractivity contribution in [2.75, 3.05) is 73.0 Å². The van der Waals surface area contributed by atoms with Crippen LogP contribution in [0.2, 0.25) is 0 Å². The Balaban J connectivity index is 0.000000170. The maximum Gasteiger partial charge on any atom is 0.335 e. The number of nitrogens with one attached hydrogen (secondary N) is 2. The van der Waals surface area contributed by atoms with Crippen molar-refractivity contribution >= 4 is 67.8 Å². The summed E-state index contributed by atoms with van der Waals surface area (Å²) in [7, 11) is 0. The normalized spacial score (nSPS) is 13.8. The van der Waals surface area contributed by atoms with Crippen molar-refractivity contribution < 1.29 is 33.0 Å². The quantitative estimate of drug-likeness (QED) is 0.102. The topological polar surface area (TPSA) is 181 Å². The lowest BCUT2D eigenvalue weighted by atomic mass is 10.0. The standard InChI is InChI=1S/C26H24FN5O2.C26H23FN4O3/c1-16-24(21-6-5-18(27)14-23(21)31-25(16)22-4-2-3-7-29-22)30-19-12-17(26(28)33)13-20(15-19)32-8-10-34-11-9-32;1-16-24(21-6-5-18(27)14-23(21)30-25(16)22-4-2-3-7-28-22)29-19-12-17(26(32)33)13-20(15-19)31-8-10-34-11-9-31/h2-7,12-15H,8-11H2,1H3,(H2,28,33)(H,30,31);2-7,12-15H,8-11H2,1H3,(H,29,30)(H,32,33). The number of pyridine rings is 4. The van der Waals surface area contributed by atoms with E-state index in [1.165, 1.54) is 24.3 Å². The summed E-state index contributed by atoms with van der Waals surface area (Å²) in [5.74, 6) is -2.27. The SMILES string of the molecule is Cc1c(-c2ccccn2)nc2cc(F)ccc2c1Nc1cc(C(=O)O)cc(N2CCOCC2)c1.Cc1c(-c2ccccn2)nc2cc(F)ccc2c1Nc1cc(C(N)=O)cc(N2CCOCC2)c1.